The van der Waals surface area contributed by atoms with Crippen LogP contribution in [0.5, 0.6) is 0 Å². The molecule has 18 heavy (non-hydrogen) atoms. The van der Waals surface area contributed by atoms with Crippen molar-refractivity contribution < 1.29 is 0 Å². The molecule has 4 heteroatoms. The molecule has 0 spiro atoms. The molecule has 0 radical (unpaired) electrons. The molecule has 0 aliphatic rings. The fraction of sp³-hybridized carbons (Fsp3) is 0.286. The van der Waals surface area contributed by atoms with Crippen molar-refractivity contribution in [1.82, 2.24) is 14.9 Å². The lowest BCUT2D eigenvalue weighted by molar-refractivity contribution is 0.583. The highest BCUT2D eigenvalue weighted by Crippen LogP contribution is 1.94. The smallest absolute Gasteiger partial charge is 0.253 e. The molecule has 0 aromatic carbocycles. The van der Waals surface area contributed by atoms with Gasteiger partial charge in [-0.3, -0.25) is 9.78 Å². The molecule has 0 fully saturated rings. The van der Waals surface area contributed by atoms with Gasteiger partial charge in [-0.05, 0) is 24.6 Å². The van der Waals surface area contributed by atoms with E-state index in [0.29, 0.717) is 6.54 Å². The Bertz CT molecular complexity index is 548. The second-order valence-electron chi connectivity index (χ2n) is 4.23. The molecule has 2 heterocycles. The predicted molar refractivity (Wildman–Crippen MR) is 71.4 cm³/mol. The van der Waals surface area contributed by atoms with E-state index in [0.717, 1.165) is 24.2 Å². The molecule has 2 rings (SSSR count). The molecule has 4 nitrogen and oxygen atoms in total. The van der Waals surface area contributed by atoms with E-state index in [-0.39, 0.29) is 5.56 Å². The van der Waals surface area contributed by atoms with E-state index in [1.54, 1.807) is 10.8 Å². The van der Waals surface area contributed by atoms with Crippen molar-refractivity contribution >= 4 is 0 Å². The summed E-state index contributed by atoms with van der Waals surface area (Å²) in [5.41, 5.74) is 2.01. The van der Waals surface area contributed by atoms with E-state index in [9.17, 15) is 4.79 Å². The Morgan fingerprint density at radius 3 is 3.00 bits per heavy atom. The Labute approximate surface area is 106 Å². The summed E-state index contributed by atoms with van der Waals surface area (Å²) in [5, 5.41) is 3.30. The zero-order valence-corrected chi connectivity index (χ0v) is 10.5. The molecule has 2 aromatic heterocycles. The Balaban J connectivity index is 1.82. The standard InChI is InChI=1S/C14H17N3O/c1-12-4-3-8-17(14(12)18)9-7-16-11-13-5-2-6-15-10-13/h2-6,8,10,16H,7,9,11H2,1H3. The van der Waals surface area contributed by atoms with Crippen molar-refractivity contribution in [2.45, 2.75) is 20.0 Å². The Morgan fingerprint density at radius 2 is 2.22 bits per heavy atom. The molecule has 1 N–H and O–H groups in total. The maximum atomic E-state index is 11.8. The summed E-state index contributed by atoms with van der Waals surface area (Å²) in [6.07, 6.45) is 5.42. The Morgan fingerprint density at radius 1 is 1.33 bits per heavy atom. The molecule has 0 saturated carbocycles. The molecule has 0 bridgehead atoms. The summed E-state index contributed by atoms with van der Waals surface area (Å²) in [5.74, 6) is 0. The van der Waals surface area contributed by atoms with Crippen LogP contribution >= 0.6 is 0 Å². The van der Waals surface area contributed by atoms with Gasteiger partial charge in [0.25, 0.3) is 5.56 Å². The van der Waals surface area contributed by atoms with Crippen molar-refractivity contribution in [3.8, 4) is 0 Å². The number of pyridine rings is 2. The highest BCUT2D eigenvalue weighted by Gasteiger charge is 1.98. The Hall–Kier alpha value is -1.94. The third kappa shape index (κ3) is 3.28. The fourth-order valence-electron chi connectivity index (χ4n) is 1.77. The number of hydrogen-bond acceptors (Lipinski definition) is 3. The first-order valence-electron chi connectivity index (χ1n) is 6.03. The number of nitrogens with zero attached hydrogens (tertiary/aromatic N) is 2. The van der Waals surface area contributed by atoms with Gasteiger partial charge in [0, 0.05) is 43.8 Å². The van der Waals surface area contributed by atoms with E-state index in [1.807, 2.05) is 43.6 Å². The van der Waals surface area contributed by atoms with Gasteiger partial charge in [0.15, 0.2) is 0 Å². The van der Waals surface area contributed by atoms with E-state index in [2.05, 4.69) is 10.3 Å². The summed E-state index contributed by atoms with van der Waals surface area (Å²) in [6.45, 7) is 4.05. The van der Waals surface area contributed by atoms with Crippen LogP contribution < -0.4 is 10.9 Å². The lowest BCUT2D eigenvalue weighted by atomic mass is 10.3. The molecule has 0 atom stereocenters. The SMILES string of the molecule is Cc1cccn(CCNCc2cccnc2)c1=O. The average molecular weight is 243 g/mol. The minimum Gasteiger partial charge on any atom is -0.314 e. The van der Waals surface area contributed by atoms with Gasteiger partial charge in [0.1, 0.15) is 0 Å². The first-order chi connectivity index (χ1) is 8.77. The van der Waals surface area contributed by atoms with Crippen LogP contribution in [-0.2, 0) is 13.1 Å². The van der Waals surface area contributed by atoms with E-state index in [1.165, 1.54) is 0 Å². The zero-order chi connectivity index (χ0) is 12.8. The molecular weight excluding hydrogens is 226 g/mol. The number of aryl methyl sites for hydroxylation is 1. The van der Waals surface area contributed by atoms with Crippen LogP contribution in [-0.4, -0.2) is 16.1 Å². The predicted octanol–water partition coefficient (Wildman–Crippen LogP) is 1.34. The zero-order valence-electron chi connectivity index (χ0n) is 10.5. The van der Waals surface area contributed by atoms with Crippen molar-refractivity contribution in [3.05, 3.63) is 64.3 Å². The minimum absolute atomic E-state index is 0.0840. The van der Waals surface area contributed by atoms with Crippen molar-refractivity contribution in [2.75, 3.05) is 6.54 Å². The van der Waals surface area contributed by atoms with Crippen LogP contribution in [0.25, 0.3) is 0 Å². The van der Waals surface area contributed by atoms with Crippen LogP contribution in [0.1, 0.15) is 11.1 Å². The highest BCUT2D eigenvalue weighted by molar-refractivity contribution is 5.08. The average Bonchev–Trinajstić information content (AvgIpc) is 2.40. The molecular formula is C14H17N3O. The molecule has 0 unspecified atom stereocenters. The van der Waals surface area contributed by atoms with Gasteiger partial charge in [-0.1, -0.05) is 12.1 Å². The second-order valence-corrected chi connectivity index (χ2v) is 4.23. The summed E-state index contributed by atoms with van der Waals surface area (Å²) >= 11 is 0. The van der Waals surface area contributed by atoms with Gasteiger partial charge >= 0.3 is 0 Å². The van der Waals surface area contributed by atoms with Crippen LogP contribution in [0.4, 0.5) is 0 Å². The van der Waals surface area contributed by atoms with Crippen LogP contribution in [0.15, 0.2) is 47.7 Å². The Kier molecular flexibility index (Phi) is 4.25. The van der Waals surface area contributed by atoms with E-state index < -0.39 is 0 Å². The van der Waals surface area contributed by atoms with Crippen LogP contribution in [0, 0.1) is 6.92 Å². The van der Waals surface area contributed by atoms with Crippen LogP contribution in [0.3, 0.4) is 0 Å². The first kappa shape index (κ1) is 12.5. The number of hydrogen-bond donors (Lipinski definition) is 1. The number of aromatic nitrogens is 2. The summed E-state index contributed by atoms with van der Waals surface area (Å²) in [7, 11) is 0. The number of rotatable bonds is 5. The third-order valence-corrected chi connectivity index (χ3v) is 2.79. The monoisotopic (exact) mass is 243 g/mol. The first-order valence-corrected chi connectivity index (χ1v) is 6.03. The van der Waals surface area contributed by atoms with E-state index in [4.69, 9.17) is 0 Å². The van der Waals surface area contributed by atoms with Gasteiger partial charge in [-0.15, -0.1) is 0 Å². The topological polar surface area (TPSA) is 46.9 Å². The van der Waals surface area contributed by atoms with E-state index >= 15 is 0 Å². The summed E-state index contributed by atoms with van der Waals surface area (Å²) < 4.78 is 1.73. The normalized spacial score (nSPS) is 10.5. The molecule has 0 amide bonds. The summed E-state index contributed by atoms with van der Waals surface area (Å²) in [4.78, 5) is 15.8. The molecule has 0 saturated heterocycles. The maximum Gasteiger partial charge on any atom is 0.253 e. The molecule has 0 aliphatic heterocycles. The maximum absolute atomic E-state index is 11.8. The largest absolute Gasteiger partial charge is 0.314 e. The van der Waals surface area contributed by atoms with Gasteiger partial charge < -0.3 is 9.88 Å². The summed E-state index contributed by atoms with van der Waals surface area (Å²) in [6, 6.07) is 7.68. The fourth-order valence-corrected chi connectivity index (χ4v) is 1.77. The van der Waals surface area contributed by atoms with Gasteiger partial charge in [-0.25, -0.2) is 0 Å². The number of nitrogens with one attached hydrogen (secondary N) is 1. The quantitative estimate of drug-likeness (QED) is 0.806. The van der Waals surface area contributed by atoms with Gasteiger partial charge in [0.05, 0.1) is 0 Å². The third-order valence-electron chi connectivity index (χ3n) is 2.79. The van der Waals surface area contributed by atoms with Gasteiger partial charge in [-0.2, -0.15) is 0 Å². The van der Waals surface area contributed by atoms with Crippen molar-refractivity contribution in [2.24, 2.45) is 0 Å². The van der Waals surface area contributed by atoms with Gasteiger partial charge in [0.2, 0.25) is 0 Å². The molecule has 94 valence electrons. The minimum atomic E-state index is 0.0840. The lowest BCUT2D eigenvalue weighted by Gasteiger charge is -2.07. The molecule has 0 aliphatic carbocycles. The second kappa shape index (κ2) is 6.12. The van der Waals surface area contributed by atoms with Crippen molar-refractivity contribution in [3.63, 3.8) is 0 Å². The lowest BCUT2D eigenvalue weighted by Crippen LogP contribution is -2.27. The van der Waals surface area contributed by atoms with Crippen molar-refractivity contribution in [1.29, 1.82) is 0 Å². The molecule has 2 aromatic rings. The van der Waals surface area contributed by atoms with Crippen LogP contribution in [0.2, 0.25) is 0 Å². The highest BCUT2D eigenvalue weighted by atomic mass is 16.1.